The van der Waals surface area contributed by atoms with Crippen LogP contribution in [0.2, 0.25) is 5.02 Å². The maximum Gasteiger partial charge on any atom is 0.322 e. The number of rotatable bonds is 8. The second-order valence-corrected chi connectivity index (χ2v) is 7.55. The van der Waals surface area contributed by atoms with E-state index in [0.717, 1.165) is 16.9 Å². The molecule has 3 rings (SSSR count). The number of amides is 1. The van der Waals surface area contributed by atoms with Gasteiger partial charge in [0.25, 0.3) is 0 Å². The molecule has 0 aliphatic rings. The molecule has 1 amide bonds. The van der Waals surface area contributed by atoms with Crippen LogP contribution in [0.4, 0.5) is 6.01 Å². The van der Waals surface area contributed by atoms with Crippen molar-refractivity contribution in [1.29, 1.82) is 0 Å². The van der Waals surface area contributed by atoms with Gasteiger partial charge in [-0.15, -0.1) is 16.9 Å². The van der Waals surface area contributed by atoms with Crippen molar-refractivity contribution in [2.24, 2.45) is 0 Å². The maximum atomic E-state index is 12.0. The van der Waals surface area contributed by atoms with Gasteiger partial charge in [-0.3, -0.25) is 10.1 Å². The number of anilines is 1. The fourth-order valence-corrected chi connectivity index (χ4v) is 3.39. The van der Waals surface area contributed by atoms with E-state index in [2.05, 4.69) is 46.7 Å². The van der Waals surface area contributed by atoms with Crippen LogP contribution in [0.5, 0.6) is 0 Å². The van der Waals surface area contributed by atoms with Gasteiger partial charge in [0.05, 0.1) is 6.42 Å². The summed E-state index contributed by atoms with van der Waals surface area (Å²) in [6, 6.07) is 15.9. The predicted molar refractivity (Wildman–Crippen MR) is 108 cm³/mol. The van der Waals surface area contributed by atoms with Crippen molar-refractivity contribution in [3.8, 4) is 0 Å². The van der Waals surface area contributed by atoms with Crippen LogP contribution in [-0.4, -0.2) is 21.9 Å². The lowest BCUT2D eigenvalue weighted by Gasteiger charge is -2.02. The van der Waals surface area contributed by atoms with Crippen LogP contribution in [0.3, 0.4) is 0 Å². The van der Waals surface area contributed by atoms with E-state index in [-0.39, 0.29) is 11.9 Å². The molecular weight excluding hydrogens is 382 g/mol. The Morgan fingerprint density at radius 1 is 1.07 bits per heavy atom. The van der Waals surface area contributed by atoms with E-state index in [1.165, 1.54) is 5.56 Å². The van der Waals surface area contributed by atoms with Crippen molar-refractivity contribution in [3.05, 3.63) is 70.6 Å². The number of aryl methyl sites for hydroxylation is 1. The van der Waals surface area contributed by atoms with E-state index in [1.54, 1.807) is 11.8 Å². The molecule has 0 radical (unpaired) electrons. The summed E-state index contributed by atoms with van der Waals surface area (Å²) in [5, 5.41) is 11.2. The summed E-state index contributed by atoms with van der Waals surface area (Å²) in [5.41, 5.74) is 2.38. The topological polar surface area (TPSA) is 68.0 Å². The van der Waals surface area contributed by atoms with Gasteiger partial charge < -0.3 is 4.42 Å². The molecule has 7 heteroatoms. The van der Waals surface area contributed by atoms with Crippen molar-refractivity contribution < 1.29 is 9.21 Å². The Balaban J connectivity index is 1.45. The molecule has 0 bridgehead atoms. The SMILES string of the molecule is CCc1ccc(Cc2nnc(NC(=O)CCSc3ccc(Cl)cc3)o2)cc1. The summed E-state index contributed by atoms with van der Waals surface area (Å²) in [6.07, 6.45) is 1.90. The van der Waals surface area contributed by atoms with Gasteiger partial charge in [0.15, 0.2) is 0 Å². The molecule has 27 heavy (non-hydrogen) atoms. The van der Waals surface area contributed by atoms with Crippen molar-refractivity contribution >= 4 is 35.3 Å². The number of thioether (sulfide) groups is 1. The zero-order valence-electron chi connectivity index (χ0n) is 14.9. The van der Waals surface area contributed by atoms with Gasteiger partial charge in [-0.1, -0.05) is 47.9 Å². The Bertz CT molecular complexity index is 879. The minimum Gasteiger partial charge on any atom is -0.407 e. The van der Waals surface area contributed by atoms with Crippen molar-refractivity contribution in [3.63, 3.8) is 0 Å². The van der Waals surface area contributed by atoms with E-state index < -0.39 is 0 Å². The van der Waals surface area contributed by atoms with Crippen LogP contribution < -0.4 is 5.32 Å². The molecule has 0 aliphatic heterocycles. The van der Waals surface area contributed by atoms with Gasteiger partial charge in [0, 0.05) is 22.1 Å². The third-order valence-electron chi connectivity index (χ3n) is 3.91. The Kier molecular flexibility index (Phi) is 6.90. The second-order valence-electron chi connectivity index (χ2n) is 5.95. The predicted octanol–water partition coefficient (Wildman–Crippen LogP) is 5.00. The molecule has 1 N–H and O–H groups in total. The average molecular weight is 402 g/mol. The second kappa shape index (κ2) is 9.58. The van der Waals surface area contributed by atoms with Gasteiger partial charge in [-0.05, 0) is 41.8 Å². The molecule has 2 aromatic carbocycles. The molecule has 1 aromatic heterocycles. The van der Waals surface area contributed by atoms with Crippen molar-refractivity contribution in [2.75, 3.05) is 11.1 Å². The molecule has 0 atom stereocenters. The molecule has 0 saturated carbocycles. The number of carbonyl (C=O) groups excluding carboxylic acids is 1. The maximum absolute atomic E-state index is 12.0. The summed E-state index contributed by atoms with van der Waals surface area (Å²) in [5.74, 6) is 0.974. The molecule has 1 heterocycles. The fraction of sp³-hybridized carbons (Fsp3) is 0.250. The highest BCUT2D eigenvalue weighted by atomic mass is 35.5. The first-order chi connectivity index (χ1) is 13.1. The lowest BCUT2D eigenvalue weighted by Crippen LogP contribution is -2.12. The largest absolute Gasteiger partial charge is 0.407 e. The van der Waals surface area contributed by atoms with Crippen molar-refractivity contribution in [2.45, 2.75) is 31.1 Å². The fourth-order valence-electron chi connectivity index (χ4n) is 2.42. The van der Waals surface area contributed by atoms with E-state index >= 15 is 0 Å². The number of hydrogen-bond acceptors (Lipinski definition) is 5. The number of nitrogens with zero attached hydrogens (tertiary/aromatic N) is 2. The van der Waals surface area contributed by atoms with Crippen molar-refractivity contribution in [1.82, 2.24) is 10.2 Å². The minimum absolute atomic E-state index is 0.136. The number of benzene rings is 2. The summed E-state index contributed by atoms with van der Waals surface area (Å²) in [7, 11) is 0. The van der Waals surface area contributed by atoms with Crippen LogP contribution in [-0.2, 0) is 17.6 Å². The number of nitrogens with one attached hydrogen (secondary N) is 1. The monoisotopic (exact) mass is 401 g/mol. The van der Waals surface area contributed by atoms with Crippen LogP contribution >= 0.6 is 23.4 Å². The van der Waals surface area contributed by atoms with Gasteiger partial charge in [0.1, 0.15) is 0 Å². The highest BCUT2D eigenvalue weighted by molar-refractivity contribution is 7.99. The standard InChI is InChI=1S/C20H20ClN3O2S/c1-2-14-3-5-15(6-4-14)13-19-23-24-20(26-19)22-18(25)11-12-27-17-9-7-16(21)8-10-17/h3-10H,2,11-13H2,1H3,(H,22,24,25). The Labute approximate surface area is 167 Å². The van der Waals surface area contributed by atoms with Gasteiger partial charge in [-0.2, -0.15) is 0 Å². The van der Waals surface area contributed by atoms with Gasteiger partial charge in [-0.25, -0.2) is 0 Å². The van der Waals surface area contributed by atoms with Gasteiger partial charge in [0.2, 0.25) is 11.8 Å². The summed E-state index contributed by atoms with van der Waals surface area (Å²) in [4.78, 5) is 13.1. The summed E-state index contributed by atoms with van der Waals surface area (Å²) < 4.78 is 5.52. The summed E-state index contributed by atoms with van der Waals surface area (Å²) >= 11 is 7.45. The van der Waals surface area contributed by atoms with E-state index in [1.807, 2.05) is 24.3 Å². The third-order valence-corrected chi connectivity index (χ3v) is 5.18. The normalized spacial score (nSPS) is 10.7. The number of aromatic nitrogens is 2. The Morgan fingerprint density at radius 3 is 2.48 bits per heavy atom. The Morgan fingerprint density at radius 2 is 1.78 bits per heavy atom. The zero-order chi connectivity index (χ0) is 19.1. The molecule has 0 unspecified atom stereocenters. The highest BCUT2D eigenvalue weighted by Crippen LogP contribution is 2.21. The average Bonchev–Trinajstić information content (AvgIpc) is 3.10. The molecule has 0 spiro atoms. The molecule has 3 aromatic rings. The van der Waals surface area contributed by atoms with Crippen LogP contribution in [0, 0.1) is 0 Å². The minimum atomic E-state index is -0.154. The lowest BCUT2D eigenvalue weighted by atomic mass is 10.1. The summed E-state index contributed by atoms with van der Waals surface area (Å²) in [6.45, 7) is 2.12. The third kappa shape index (κ3) is 6.12. The van der Waals surface area contributed by atoms with E-state index in [9.17, 15) is 4.79 Å². The van der Waals surface area contributed by atoms with E-state index in [0.29, 0.717) is 29.5 Å². The van der Waals surface area contributed by atoms with Crippen LogP contribution in [0.15, 0.2) is 57.8 Å². The zero-order valence-corrected chi connectivity index (χ0v) is 16.5. The van der Waals surface area contributed by atoms with Crippen LogP contribution in [0.25, 0.3) is 0 Å². The first-order valence-electron chi connectivity index (χ1n) is 8.71. The number of carbonyl (C=O) groups is 1. The first-order valence-corrected chi connectivity index (χ1v) is 10.1. The molecular formula is C20H20ClN3O2S. The quantitative estimate of drug-likeness (QED) is 0.538. The van der Waals surface area contributed by atoms with E-state index in [4.69, 9.17) is 16.0 Å². The smallest absolute Gasteiger partial charge is 0.322 e. The lowest BCUT2D eigenvalue weighted by molar-refractivity contribution is -0.115. The molecule has 0 saturated heterocycles. The Hall–Kier alpha value is -2.31. The molecule has 0 aliphatic carbocycles. The highest BCUT2D eigenvalue weighted by Gasteiger charge is 2.10. The molecule has 140 valence electrons. The van der Waals surface area contributed by atoms with Gasteiger partial charge >= 0.3 is 6.01 Å². The molecule has 0 fully saturated rings. The van der Waals surface area contributed by atoms with Crippen LogP contribution in [0.1, 0.15) is 30.4 Å². The number of halogens is 1. The number of hydrogen-bond donors (Lipinski definition) is 1. The first kappa shape index (κ1) is 19.5. The molecule has 5 nitrogen and oxygen atoms in total.